The van der Waals surface area contributed by atoms with Crippen LogP contribution in [0.3, 0.4) is 0 Å². The van der Waals surface area contributed by atoms with Crippen molar-refractivity contribution in [3.63, 3.8) is 0 Å². The van der Waals surface area contributed by atoms with Gasteiger partial charge in [0.25, 0.3) is 5.91 Å². The highest BCUT2D eigenvalue weighted by Gasteiger charge is 2.29. The quantitative estimate of drug-likeness (QED) is 0.633. The Morgan fingerprint density at radius 1 is 1.25 bits per heavy atom. The molecule has 1 aromatic heterocycles. The molecule has 1 saturated heterocycles. The first kappa shape index (κ1) is 23.5. The number of carbonyl (C=O) groups is 3. The van der Waals surface area contributed by atoms with Crippen molar-refractivity contribution >= 4 is 35.1 Å². The minimum Gasteiger partial charge on any atom is -0.444 e. The normalized spacial score (nSPS) is 16.4. The highest BCUT2D eigenvalue weighted by atomic mass is 32.1. The highest BCUT2D eigenvalue weighted by molar-refractivity contribution is 7.18. The van der Waals surface area contributed by atoms with Gasteiger partial charge in [-0.15, -0.1) is 11.3 Å². The predicted molar refractivity (Wildman–Crippen MR) is 121 cm³/mol. The van der Waals surface area contributed by atoms with Crippen molar-refractivity contribution in [2.45, 2.75) is 45.3 Å². The molecule has 4 N–H and O–H groups in total. The number of thiophene rings is 1. The summed E-state index contributed by atoms with van der Waals surface area (Å²) in [5.41, 5.74) is 5.48. The average molecular weight is 463 g/mol. The largest absolute Gasteiger partial charge is 0.444 e. The second kappa shape index (κ2) is 9.56. The third-order valence-electron chi connectivity index (χ3n) is 4.71. The SMILES string of the molecule is CC(C)(C)OC(=O)N1CCCC(NC(=O)c2sc(-c3cccc(F)c3)cc2NC(N)=O)C1. The fraction of sp³-hybridized carbons (Fsp3) is 0.409. The molecule has 0 spiro atoms. The molecule has 0 aliphatic carbocycles. The predicted octanol–water partition coefficient (Wildman–Crippen LogP) is 4.17. The van der Waals surface area contributed by atoms with E-state index in [0.29, 0.717) is 30.0 Å². The van der Waals surface area contributed by atoms with Crippen LogP contribution < -0.4 is 16.4 Å². The third kappa shape index (κ3) is 6.19. The van der Waals surface area contributed by atoms with Crippen LogP contribution in [0.2, 0.25) is 0 Å². The van der Waals surface area contributed by atoms with Gasteiger partial charge in [-0.1, -0.05) is 12.1 Å². The molecule has 0 bridgehead atoms. The molecule has 10 heteroatoms. The number of nitrogens with two attached hydrogens (primary N) is 1. The monoisotopic (exact) mass is 462 g/mol. The summed E-state index contributed by atoms with van der Waals surface area (Å²) < 4.78 is 19.1. The Bertz CT molecular complexity index is 1020. The van der Waals surface area contributed by atoms with E-state index in [0.717, 1.165) is 17.8 Å². The van der Waals surface area contributed by atoms with Gasteiger partial charge in [0.1, 0.15) is 16.3 Å². The zero-order chi connectivity index (χ0) is 23.5. The van der Waals surface area contributed by atoms with Gasteiger partial charge in [0.2, 0.25) is 0 Å². The van der Waals surface area contributed by atoms with E-state index in [1.165, 1.54) is 12.1 Å². The molecule has 2 aromatic rings. The zero-order valence-electron chi connectivity index (χ0n) is 18.2. The summed E-state index contributed by atoms with van der Waals surface area (Å²) in [6.45, 7) is 6.27. The fourth-order valence-corrected chi connectivity index (χ4v) is 4.42. The molecule has 8 nitrogen and oxygen atoms in total. The Labute approximate surface area is 189 Å². The maximum atomic E-state index is 13.6. The molecule has 1 aromatic carbocycles. The number of urea groups is 1. The molecule has 1 fully saturated rings. The molecule has 3 rings (SSSR count). The van der Waals surface area contributed by atoms with Gasteiger partial charge < -0.3 is 26.0 Å². The second-order valence-corrected chi connectivity index (χ2v) is 9.64. The number of likely N-dealkylation sites (tertiary alicyclic amines) is 1. The number of nitrogens with one attached hydrogen (secondary N) is 2. The maximum absolute atomic E-state index is 13.6. The van der Waals surface area contributed by atoms with E-state index in [4.69, 9.17) is 10.5 Å². The molecule has 1 aliphatic heterocycles. The number of rotatable bonds is 4. The number of nitrogens with zero attached hydrogens (tertiary/aromatic N) is 1. The molecule has 1 aliphatic rings. The topological polar surface area (TPSA) is 114 Å². The summed E-state index contributed by atoms with van der Waals surface area (Å²) >= 11 is 1.12. The first-order valence-corrected chi connectivity index (χ1v) is 11.1. The number of amides is 4. The third-order valence-corrected chi connectivity index (χ3v) is 5.90. The van der Waals surface area contributed by atoms with E-state index >= 15 is 0 Å². The van der Waals surface area contributed by atoms with Gasteiger partial charge in [-0.25, -0.2) is 14.0 Å². The summed E-state index contributed by atoms with van der Waals surface area (Å²) in [5.74, 6) is -0.812. The van der Waals surface area contributed by atoms with E-state index in [1.54, 1.807) is 43.9 Å². The van der Waals surface area contributed by atoms with Crippen molar-refractivity contribution in [1.29, 1.82) is 0 Å². The van der Waals surface area contributed by atoms with Gasteiger partial charge in [-0.05, 0) is 57.4 Å². The molecule has 1 unspecified atom stereocenters. The van der Waals surface area contributed by atoms with E-state index in [9.17, 15) is 18.8 Å². The van der Waals surface area contributed by atoms with E-state index in [-0.39, 0.29) is 16.6 Å². The highest BCUT2D eigenvalue weighted by Crippen LogP contribution is 2.35. The number of benzene rings is 1. The van der Waals surface area contributed by atoms with Gasteiger partial charge in [0.05, 0.1) is 5.69 Å². The van der Waals surface area contributed by atoms with Crippen molar-refractivity contribution < 1.29 is 23.5 Å². The van der Waals surface area contributed by atoms with E-state index in [2.05, 4.69) is 10.6 Å². The van der Waals surface area contributed by atoms with E-state index in [1.807, 2.05) is 0 Å². The Morgan fingerprint density at radius 2 is 2.00 bits per heavy atom. The van der Waals surface area contributed by atoms with Crippen LogP contribution in [0.15, 0.2) is 30.3 Å². The Kier molecular flexibility index (Phi) is 7.02. The van der Waals surface area contributed by atoms with Crippen LogP contribution in [-0.2, 0) is 4.74 Å². The number of hydrogen-bond acceptors (Lipinski definition) is 5. The molecule has 0 saturated carbocycles. The number of ether oxygens (including phenoxy) is 1. The molecule has 0 radical (unpaired) electrons. The lowest BCUT2D eigenvalue weighted by Crippen LogP contribution is -2.50. The first-order valence-electron chi connectivity index (χ1n) is 10.3. The zero-order valence-corrected chi connectivity index (χ0v) is 19.1. The lowest BCUT2D eigenvalue weighted by molar-refractivity contribution is 0.0185. The molecule has 2 heterocycles. The molecular weight excluding hydrogens is 435 g/mol. The Morgan fingerprint density at radius 3 is 2.66 bits per heavy atom. The lowest BCUT2D eigenvalue weighted by Gasteiger charge is -2.34. The maximum Gasteiger partial charge on any atom is 0.410 e. The molecule has 32 heavy (non-hydrogen) atoms. The first-order chi connectivity index (χ1) is 15.0. The van der Waals surface area contributed by atoms with Crippen molar-refractivity contribution in [1.82, 2.24) is 10.2 Å². The second-order valence-electron chi connectivity index (χ2n) is 8.59. The van der Waals surface area contributed by atoms with Crippen molar-refractivity contribution in [3.8, 4) is 10.4 Å². The summed E-state index contributed by atoms with van der Waals surface area (Å²) in [5, 5.41) is 5.39. The Hall–Kier alpha value is -3.14. The van der Waals surface area contributed by atoms with Crippen LogP contribution in [0.25, 0.3) is 10.4 Å². The number of carbonyl (C=O) groups excluding carboxylic acids is 3. The smallest absolute Gasteiger partial charge is 0.410 e. The number of primary amides is 1. The summed E-state index contributed by atoms with van der Waals surface area (Å²) in [4.78, 5) is 39.3. The van der Waals surface area contributed by atoms with Gasteiger partial charge in [0.15, 0.2) is 0 Å². The molecule has 1 atom stereocenters. The van der Waals surface area contributed by atoms with Crippen molar-refractivity contribution in [2.75, 3.05) is 18.4 Å². The van der Waals surface area contributed by atoms with Crippen LogP contribution in [-0.4, -0.2) is 47.7 Å². The number of halogens is 1. The van der Waals surface area contributed by atoms with Crippen molar-refractivity contribution in [2.24, 2.45) is 5.73 Å². The van der Waals surface area contributed by atoms with Crippen molar-refractivity contribution in [3.05, 3.63) is 41.0 Å². The number of hydrogen-bond donors (Lipinski definition) is 3. The fourth-order valence-electron chi connectivity index (χ4n) is 3.41. The van der Waals surface area contributed by atoms with Gasteiger partial charge in [-0.3, -0.25) is 4.79 Å². The van der Waals surface area contributed by atoms with Crippen LogP contribution >= 0.6 is 11.3 Å². The molecule has 172 valence electrons. The molecular formula is C22H27FN4O4S. The van der Waals surface area contributed by atoms with Gasteiger partial charge in [-0.2, -0.15) is 0 Å². The van der Waals surface area contributed by atoms with Crippen LogP contribution in [0, 0.1) is 5.82 Å². The average Bonchev–Trinajstić information content (AvgIpc) is 3.10. The summed E-state index contributed by atoms with van der Waals surface area (Å²) in [7, 11) is 0. The lowest BCUT2D eigenvalue weighted by atomic mass is 10.1. The van der Waals surface area contributed by atoms with Gasteiger partial charge in [0, 0.05) is 24.0 Å². The number of piperidine rings is 1. The van der Waals surface area contributed by atoms with Crippen LogP contribution in [0.5, 0.6) is 0 Å². The Balaban J connectivity index is 1.76. The standard InChI is InChI=1S/C22H27FN4O4S/c1-22(2,3)31-21(30)27-9-5-8-15(12-27)25-19(28)18-16(26-20(24)29)11-17(32-18)13-6-4-7-14(23)10-13/h4,6-7,10-11,15H,5,8-9,12H2,1-3H3,(H,25,28)(H3,24,26,29). The summed E-state index contributed by atoms with van der Waals surface area (Å²) in [6.07, 6.45) is 0.999. The van der Waals surface area contributed by atoms with Gasteiger partial charge >= 0.3 is 12.1 Å². The number of anilines is 1. The van der Waals surface area contributed by atoms with E-state index < -0.39 is 29.4 Å². The van der Waals surface area contributed by atoms with Crippen LogP contribution in [0.1, 0.15) is 43.3 Å². The minimum atomic E-state index is -0.809. The minimum absolute atomic E-state index is 0.248. The molecule has 4 amide bonds. The van der Waals surface area contributed by atoms with Crippen LogP contribution in [0.4, 0.5) is 19.7 Å². The summed E-state index contributed by atoms with van der Waals surface area (Å²) in [6, 6.07) is 6.46.